The summed E-state index contributed by atoms with van der Waals surface area (Å²) in [6.07, 6.45) is 0. The van der Waals surface area contributed by atoms with Crippen LogP contribution >= 0.6 is 22.9 Å². The summed E-state index contributed by atoms with van der Waals surface area (Å²) < 4.78 is 13.7. The Kier molecular flexibility index (Phi) is 3.02. The van der Waals surface area contributed by atoms with Gasteiger partial charge in [0.1, 0.15) is 10.8 Å². The van der Waals surface area contributed by atoms with E-state index in [1.165, 1.54) is 17.4 Å². The number of thiazole rings is 1. The lowest BCUT2D eigenvalue weighted by Gasteiger charge is -2.04. The van der Waals surface area contributed by atoms with Crippen molar-refractivity contribution in [3.8, 4) is 10.6 Å². The molecule has 90 valence electrons. The quantitative estimate of drug-likeness (QED) is 0.611. The van der Waals surface area contributed by atoms with E-state index in [1.807, 2.05) is 23.6 Å². The fourth-order valence-electron chi connectivity index (χ4n) is 1.94. The Bertz CT molecular complexity index is 708. The Labute approximate surface area is 113 Å². The minimum Gasteiger partial charge on any atom is -0.240 e. The highest BCUT2D eigenvalue weighted by Gasteiger charge is 2.10. The Hall–Kier alpha value is -1.45. The van der Waals surface area contributed by atoms with E-state index >= 15 is 0 Å². The molecule has 1 aromatic heterocycles. The molecule has 3 rings (SSSR count). The van der Waals surface area contributed by atoms with Gasteiger partial charge in [0.05, 0.1) is 11.6 Å². The molecule has 0 fully saturated rings. The maximum absolute atomic E-state index is 13.7. The highest BCUT2D eigenvalue weighted by Crippen LogP contribution is 2.32. The Morgan fingerprint density at radius 3 is 2.61 bits per heavy atom. The second-order valence-electron chi connectivity index (χ2n) is 3.92. The molecule has 0 aliphatic carbocycles. The second kappa shape index (κ2) is 4.67. The molecule has 2 aromatic carbocycles. The summed E-state index contributed by atoms with van der Waals surface area (Å²) in [4.78, 5) is 4.44. The third-order valence-corrected chi connectivity index (χ3v) is 3.99. The van der Waals surface area contributed by atoms with Crippen molar-refractivity contribution < 1.29 is 4.39 Å². The lowest BCUT2D eigenvalue weighted by atomic mass is 10.0. The fraction of sp³-hybridized carbons (Fsp3) is 0.0714. The number of hydrogen-bond donors (Lipinski definition) is 0. The molecule has 0 spiro atoms. The molecular weight excluding hydrogens is 269 g/mol. The summed E-state index contributed by atoms with van der Waals surface area (Å²) in [5, 5.41) is 4.31. The van der Waals surface area contributed by atoms with Crippen molar-refractivity contribution in [2.45, 2.75) is 5.88 Å². The minimum absolute atomic E-state index is 0.205. The largest absolute Gasteiger partial charge is 0.240 e. The van der Waals surface area contributed by atoms with Crippen LogP contribution in [-0.2, 0) is 5.88 Å². The molecule has 0 aliphatic heterocycles. The van der Waals surface area contributed by atoms with Gasteiger partial charge in [0.2, 0.25) is 0 Å². The molecular formula is C14H9ClFNS. The molecule has 0 aliphatic rings. The number of rotatable bonds is 2. The molecule has 0 radical (unpaired) electrons. The number of halogens is 2. The molecule has 0 saturated heterocycles. The lowest BCUT2D eigenvalue weighted by Crippen LogP contribution is -1.85. The van der Waals surface area contributed by atoms with Crippen LogP contribution in [0.3, 0.4) is 0 Å². The molecule has 3 aromatic rings. The van der Waals surface area contributed by atoms with Crippen molar-refractivity contribution in [3.63, 3.8) is 0 Å². The van der Waals surface area contributed by atoms with Gasteiger partial charge < -0.3 is 0 Å². The van der Waals surface area contributed by atoms with Gasteiger partial charge in [-0.2, -0.15) is 0 Å². The zero-order valence-corrected chi connectivity index (χ0v) is 10.9. The van der Waals surface area contributed by atoms with Crippen molar-refractivity contribution in [3.05, 3.63) is 53.3 Å². The van der Waals surface area contributed by atoms with Crippen LogP contribution in [-0.4, -0.2) is 4.98 Å². The Balaban J connectivity index is 2.26. The molecule has 0 unspecified atom stereocenters. The van der Waals surface area contributed by atoms with Gasteiger partial charge in [0, 0.05) is 16.3 Å². The van der Waals surface area contributed by atoms with E-state index in [2.05, 4.69) is 4.98 Å². The normalized spacial score (nSPS) is 11.0. The Morgan fingerprint density at radius 2 is 1.89 bits per heavy atom. The lowest BCUT2D eigenvalue weighted by molar-refractivity contribution is 0.640. The van der Waals surface area contributed by atoms with Crippen molar-refractivity contribution in [1.29, 1.82) is 0 Å². The van der Waals surface area contributed by atoms with E-state index in [0.717, 1.165) is 21.7 Å². The van der Waals surface area contributed by atoms with Gasteiger partial charge in [-0.1, -0.05) is 24.3 Å². The fourth-order valence-corrected chi connectivity index (χ4v) is 3.03. The topological polar surface area (TPSA) is 12.9 Å². The molecule has 1 heterocycles. The highest BCUT2D eigenvalue weighted by molar-refractivity contribution is 7.13. The summed E-state index contributed by atoms with van der Waals surface area (Å²) in [5.74, 6) is 0.193. The maximum atomic E-state index is 13.7. The van der Waals surface area contributed by atoms with E-state index in [4.69, 9.17) is 11.6 Å². The number of alkyl halides is 1. The van der Waals surface area contributed by atoms with Crippen LogP contribution in [0.1, 0.15) is 5.69 Å². The third-order valence-electron chi connectivity index (χ3n) is 2.79. The summed E-state index contributed by atoms with van der Waals surface area (Å²) in [6.45, 7) is 0. The average Bonchev–Trinajstić information content (AvgIpc) is 2.88. The van der Waals surface area contributed by atoms with Crippen LogP contribution in [0.5, 0.6) is 0 Å². The molecule has 0 amide bonds. The molecule has 1 nitrogen and oxygen atoms in total. The molecule has 0 N–H and O–H groups in total. The van der Waals surface area contributed by atoms with Crippen LogP contribution in [0.4, 0.5) is 4.39 Å². The van der Waals surface area contributed by atoms with E-state index in [9.17, 15) is 4.39 Å². The molecule has 18 heavy (non-hydrogen) atoms. The number of hydrogen-bond acceptors (Lipinski definition) is 2. The van der Waals surface area contributed by atoms with Crippen LogP contribution in [0, 0.1) is 5.82 Å². The van der Waals surface area contributed by atoms with Gasteiger partial charge in [-0.25, -0.2) is 9.37 Å². The number of aromatic nitrogens is 1. The van der Waals surface area contributed by atoms with Crippen molar-refractivity contribution >= 4 is 33.7 Å². The predicted molar refractivity (Wildman–Crippen MR) is 74.6 cm³/mol. The number of nitrogens with zero attached hydrogens (tertiary/aromatic N) is 1. The first kappa shape index (κ1) is 11.6. The number of fused-ring (bicyclic) bond motifs is 1. The van der Waals surface area contributed by atoms with Crippen LogP contribution in [0.2, 0.25) is 0 Å². The van der Waals surface area contributed by atoms with Gasteiger partial charge in [-0.05, 0) is 17.5 Å². The monoisotopic (exact) mass is 277 g/mol. The smallest absolute Gasteiger partial charge is 0.131 e. The van der Waals surface area contributed by atoms with Crippen molar-refractivity contribution in [2.75, 3.05) is 0 Å². The van der Waals surface area contributed by atoms with Gasteiger partial charge in [0.25, 0.3) is 0 Å². The average molecular weight is 278 g/mol. The second-order valence-corrected chi connectivity index (χ2v) is 5.04. The Morgan fingerprint density at radius 1 is 1.11 bits per heavy atom. The van der Waals surface area contributed by atoms with Gasteiger partial charge in [-0.3, -0.25) is 0 Å². The molecule has 0 saturated carbocycles. The van der Waals surface area contributed by atoms with Gasteiger partial charge in [0.15, 0.2) is 0 Å². The summed E-state index contributed by atoms with van der Waals surface area (Å²) in [5.41, 5.74) is 1.80. The summed E-state index contributed by atoms with van der Waals surface area (Å²) in [6, 6.07) is 10.7. The molecule has 4 heteroatoms. The summed E-state index contributed by atoms with van der Waals surface area (Å²) in [7, 11) is 0. The van der Waals surface area contributed by atoms with Gasteiger partial charge >= 0.3 is 0 Å². The van der Waals surface area contributed by atoms with Crippen LogP contribution in [0.15, 0.2) is 41.8 Å². The van der Waals surface area contributed by atoms with E-state index < -0.39 is 0 Å². The van der Waals surface area contributed by atoms with Crippen LogP contribution in [0.25, 0.3) is 21.3 Å². The van der Waals surface area contributed by atoms with Crippen LogP contribution < -0.4 is 0 Å². The molecule has 0 bridgehead atoms. The van der Waals surface area contributed by atoms with Crippen molar-refractivity contribution in [2.24, 2.45) is 0 Å². The van der Waals surface area contributed by atoms with E-state index in [0.29, 0.717) is 11.3 Å². The first-order valence-corrected chi connectivity index (χ1v) is 6.89. The first-order valence-electron chi connectivity index (χ1n) is 5.47. The zero-order chi connectivity index (χ0) is 12.5. The highest BCUT2D eigenvalue weighted by atomic mass is 35.5. The minimum atomic E-state index is -0.205. The zero-order valence-electron chi connectivity index (χ0n) is 9.36. The standard InChI is InChI=1S/C14H9ClFNS/c15-7-9-8-18-14(17-9)12-5-6-13(16)11-4-2-1-3-10(11)12/h1-6,8H,7H2. The third kappa shape index (κ3) is 1.89. The predicted octanol–water partition coefficient (Wildman–Crippen LogP) is 4.84. The molecule has 0 atom stereocenters. The SMILES string of the molecule is Fc1ccc(-c2nc(CCl)cs2)c2ccccc12. The number of benzene rings is 2. The summed E-state index contributed by atoms with van der Waals surface area (Å²) >= 11 is 7.29. The maximum Gasteiger partial charge on any atom is 0.131 e. The van der Waals surface area contributed by atoms with Crippen molar-refractivity contribution in [1.82, 2.24) is 4.98 Å². The van der Waals surface area contributed by atoms with E-state index in [-0.39, 0.29) is 5.82 Å². The van der Waals surface area contributed by atoms with E-state index in [1.54, 1.807) is 12.1 Å². The van der Waals surface area contributed by atoms with Gasteiger partial charge in [-0.15, -0.1) is 22.9 Å². The first-order chi connectivity index (χ1) is 8.79.